The van der Waals surface area contributed by atoms with Crippen LogP contribution in [0.3, 0.4) is 0 Å². The monoisotopic (exact) mass is 363 g/mol. The van der Waals surface area contributed by atoms with E-state index in [1.54, 1.807) is 0 Å². The van der Waals surface area contributed by atoms with E-state index in [1.807, 2.05) is 0 Å². The van der Waals surface area contributed by atoms with Crippen LogP contribution in [0.5, 0.6) is 0 Å². The summed E-state index contributed by atoms with van der Waals surface area (Å²) < 4.78 is 78.3. The van der Waals surface area contributed by atoms with Crippen molar-refractivity contribution in [3.8, 4) is 6.07 Å². The minimum atomic E-state index is -4.88. The standard InChI is InChI=1S/C15H11F6N3O/c16-14(17,18)4-3-9-5-10-11(24(9)7-12(23)25)2-1-8(6-22)13(10)15(19,20)21/h1-2,5H,3-4,7H2,(H2,23,25). The number of fused-ring (bicyclic) bond motifs is 1. The fourth-order valence-corrected chi connectivity index (χ4v) is 2.61. The highest BCUT2D eigenvalue weighted by Crippen LogP contribution is 2.39. The molecule has 0 saturated carbocycles. The summed E-state index contributed by atoms with van der Waals surface area (Å²) >= 11 is 0. The smallest absolute Gasteiger partial charge is 0.368 e. The molecule has 4 nitrogen and oxygen atoms in total. The highest BCUT2D eigenvalue weighted by Gasteiger charge is 2.37. The van der Waals surface area contributed by atoms with Crippen molar-refractivity contribution in [2.75, 3.05) is 0 Å². The lowest BCUT2D eigenvalue weighted by molar-refractivity contribution is -0.136. The predicted octanol–water partition coefficient (Wildman–Crippen LogP) is 3.51. The zero-order chi connectivity index (χ0) is 19.0. The summed E-state index contributed by atoms with van der Waals surface area (Å²) in [5, 5.41) is 8.45. The molecule has 2 rings (SSSR count). The van der Waals surface area contributed by atoms with Gasteiger partial charge in [0.25, 0.3) is 0 Å². The molecule has 0 aliphatic carbocycles. The van der Waals surface area contributed by atoms with Gasteiger partial charge in [-0.05, 0) is 24.6 Å². The molecule has 0 aliphatic heterocycles. The minimum Gasteiger partial charge on any atom is -0.368 e. The zero-order valence-electron chi connectivity index (χ0n) is 12.5. The molecule has 1 amide bonds. The molecule has 2 N–H and O–H groups in total. The van der Waals surface area contributed by atoms with E-state index in [0.717, 1.165) is 22.8 Å². The van der Waals surface area contributed by atoms with Crippen molar-refractivity contribution in [1.82, 2.24) is 4.57 Å². The van der Waals surface area contributed by atoms with Gasteiger partial charge in [-0.1, -0.05) is 0 Å². The fraction of sp³-hybridized carbons (Fsp3) is 0.333. The molecule has 10 heteroatoms. The van der Waals surface area contributed by atoms with Crippen molar-refractivity contribution in [2.45, 2.75) is 31.7 Å². The Morgan fingerprint density at radius 1 is 1.20 bits per heavy atom. The lowest BCUT2D eigenvalue weighted by Crippen LogP contribution is -2.20. The molecule has 1 heterocycles. The van der Waals surface area contributed by atoms with Crippen molar-refractivity contribution in [1.29, 1.82) is 5.26 Å². The summed E-state index contributed by atoms with van der Waals surface area (Å²) in [5.74, 6) is -0.913. The molecule has 2 aromatic rings. The summed E-state index contributed by atoms with van der Waals surface area (Å²) in [7, 11) is 0. The minimum absolute atomic E-state index is 0.109. The number of nitrogens with zero attached hydrogens (tertiary/aromatic N) is 2. The first kappa shape index (κ1) is 18.6. The van der Waals surface area contributed by atoms with E-state index in [2.05, 4.69) is 0 Å². The quantitative estimate of drug-likeness (QED) is 0.845. The number of carbonyl (C=O) groups is 1. The molecule has 0 bridgehead atoms. The van der Waals surface area contributed by atoms with Crippen LogP contribution in [-0.4, -0.2) is 16.7 Å². The first-order chi connectivity index (χ1) is 11.4. The normalized spacial score (nSPS) is 12.4. The van der Waals surface area contributed by atoms with Gasteiger partial charge >= 0.3 is 12.4 Å². The number of aryl methyl sites for hydroxylation is 1. The largest absolute Gasteiger partial charge is 0.418 e. The van der Waals surface area contributed by atoms with Gasteiger partial charge in [-0.2, -0.15) is 31.6 Å². The van der Waals surface area contributed by atoms with Gasteiger partial charge in [0.1, 0.15) is 6.54 Å². The maximum Gasteiger partial charge on any atom is 0.418 e. The van der Waals surface area contributed by atoms with Gasteiger partial charge < -0.3 is 10.3 Å². The second-order valence-corrected chi connectivity index (χ2v) is 5.33. The van der Waals surface area contributed by atoms with E-state index < -0.39 is 54.2 Å². The predicted molar refractivity (Wildman–Crippen MR) is 75.2 cm³/mol. The molecule has 25 heavy (non-hydrogen) atoms. The Bertz CT molecular complexity index is 857. The second kappa shape index (κ2) is 6.31. The summed E-state index contributed by atoms with van der Waals surface area (Å²) in [5.41, 5.74) is 2.92. The molecule has 0 unspecified atom stereocenters. The molecule has 0 saturated heterocycles. The Morgan fingerprint density at radius 3 is 2.32 bits per heavy atom. The average Bonchev–Trinajstić information content (AvgIpc) is 2.79. The summed E-state index contributed by atoms with van der Waals surface area (Å²) in [6.07, 6.45) is -11.3. The Kier molecular flexibility index (Phi) is 4.70. The van der Waals surface area contributed by atoms with Gasteiger partial charge in [-0.15, -0.1) is 0 Å². The highest BCUT2D eigenvalue weighted by atomic mass is 19.4. The van der Waals surface area contributed by atoms with Crippen LogP contribution in [0, 0.1) is 11.3 Å². The molecule has 0 aliphatic rings. The van der Waals surface area contributed by atoms with Crippen LogP contribution in [0.4, 0.5) is 26.3 Å². The first-order valence-corrected chi connectivity index (χ1v) is 6.91. The number of hydrogen-bond acceptors (Lipinski definition) is 2. The van der Waals surface area contributed by atoms with Crippen molar-refractivity contribution in [2.24, 2.45) is 5.73 Å². The van der Waals surface area contributed by atoms with E-state index in [1.165, 1.54) is 6.07 Å². The SMILES string of the molecule is N#Cc1ccc2c(cc(CCC(F)(F)F)n2CC(N)=O)c1C(F)(F)F. The van der Waals surface area contributed by atoms with Crippen molar-refractivity contribution >= 4 is 16.8 Å². The van der Waals surface area contributed by atoms with E-state index in [4.69, 9.17) is 11.0 Å². The number of alkyl halides is 6. The third kappa shape index (κ3) is 4.04. The third-order valence-electron chi connectivity index (χ3n) is 3.55. The van der Waals surface area contributed by atoms with Crippen molar-refractivity contribution < 1.29 is 31.1 Å². The fourth-order valence-electron chi connectivity index (χ4n) is 2.61. The first-order valence-electron chi connectivity index (χ1n) is 6.91. The average molecular weight is 363 g/mol. The van der Waals surface area contributed by atoms with Crippen LogP contribution in [0.15, 0.2) is 18.2 Å². The van der Waals surface area contributed by atoms with Crippen molar-refractivity contribution in [3.63, 3.8) is 0 Å². The lowest BCUT2D eigenvalue weighted by Gasteiger charge is -2.12. The molecule has 0 atom stereocenters. The van der Waals surface area contributed by atoms with E-state index in [-0.39, 0.29) is 11.2 Å². The van der Waals surface area contributed by atoms with Gasteiger partial charge in [-0.3, -0.25) is 4.79 Å². The number of carbonyl (C=O) groups excluding carboxylic acids is 1. The number of halogens is 6. The Balaban J connectivity index is 2.72. The third-order valence-corrected chi connectivity index (χ3v) is 3.55. The molecule has 1 aromatic carbocycles. The number of nitrogens with two attached hydrogens (primary N) is 1. The van der Waals surface area contributed by atoms with E-state index >= 15 is 0 Å². The Labute approximate surface area is 137 Å². The van der Waals surface area contributed by atoms with Gasteiger partial charge in [0, 0.05) is 23.0 Å². The van der Waals surface area contributed by atoms with Crippen molar-refractivity contribution in [3.05, 3.63) is 35.0 Å². The van der Waals surface area contributed by atoms with Crippen LogP contribution in [0.2, 0.25) is 0 Å². The van der Waals surface area contributed by atoms with Crippen LogP contribution >= 0.6 is 0 Å². The summed E-state index contributed by atoms with van der Waals surface area (Å²) in [6, 6.07) is 4.41. The molecule has 1 aromatic heterocycles. The summed E-state index contributed by atoms with van der Waals surface area (Å²) in [4.78, 5) is 11.2. The molecular weight excluding hydrogens is 352 g/mol. The number of rotatable bonds is 4. The topological polar surface area (TPSA) is 71.8 Å². The van der Waals surface area contributed by atoms with Gasteiger partial charge in [0.15, 0.2) is 0 Å². The molecule has 0 radical (unpaired) electrons. The maximum absolute atomic E-state index is 13.3. The molecule has 0 spiro atoms. The van der Waals surface area contributed by atoms with Gasteiger partial charge in [-0.25, -0.2) is 0 Å². The zero-order valence-corrected chi connectivity index (χ0v) is 12.5. The lowest BCUT2D eigenvalue weighted by atomic mass is 10.0. The number of nitriles is 1. The second-order valence-electron chi connectivity index (χ2n) is 5.33. The van der Waals surface area contributed by atoms with Crippen LogP contribution < -0.4 is 5.73 Å². The van der Waals surface area contributed by atoms with Gasteiger partial charge in [0.2, 0.25) is 5.91 Å². The summed E-state index contributed by atoms with van der Waals surface area (Å²) in [6.45, 7) is -0.570. The number of amides is 1. The van der Waals surface area contributed by atoms with E-state index in [9.17, 15) is 31.1 Å². The Morgan fingerprint density at radius 2 is 1.84 bits per heavy atom. The number of hydrogen-bond donors (Lipinski definition) is 1. The molecule has 0 fully saturated rings. The van der Waals surface area contributed by atoms with Gasteiger partial charge in [0.05, 0.1) is 17.2 Å². The number of primary amides is 1. The maximum atomic E-state index is 13.3. The number of aromatic nitrogens is 1. The number of benzene rings is 1. The highest BCUT2D eigenvalue weighted by molar-refractivity contribution is 5.89. The Hall–Kier alpha value is -2.70. The molecular formula is C15H11F6N3O. The van der Waals surface area contributed by atoms with E-state index in [0.29, 0.717) is 0 Å². The van der Waals surface area contributed by atoms with Crippen LogP contribution in [0.1, 0.15) is 23.2 Å². The van der Waals surface area contributed by atoms with Crippen LogP contribution in [-0.2, 0) is 23.9 Å². The van der Waals surface area contributed by atoms with Crippen LogP contribution in [0.25, 0.3) is 10.9 Å². The molecule has 134 valence electrons.